The molecule has 0 atom stereocenters. The van der Waals surface area contributed by atoms with Crippen molar-refractivity contribution < 1.29 is 23.5 Å². The highest BCUT2D eigenvalue weighted by Crippen LogP contribution is 2.16. The van der Waals surface area contributed by atoms with E-state index in [4.69, 9.17) is 14.0 Å². The molecule has 3 rings (SSSR count). The summed E-state index contributed by atoms with van der Waals surface area (Å²) >= 11 is 0. The van der Waals surface area contributed by atoms with E-state index in [0.717, 1.165) is 5.75 Å². The molecular formula is C18H16N2O5. The molecule has 0 spiro atoms. The van der Waals surface area contributed by atoms with Crippen LogP contribution in [0.4, 0.5) is 0 Å². The van der Waals surface area contributed by atoms with E-state index < -0.39 is 5.97 Å². The molecule has 0 saturated heterocycles. The van der Waals surface area contributed by atoms with Crippen LogP contribution < -0.4 is 9.47 Å². The van der Waals surface area contributed by atoms with Crippen molar-refractivity contribution in [2.24, 2.45) is 0 Å². The first-order chi connectivity index (χ1) is 12.2. The van der Waals surface area contributed by atoms with Gasteiger partial charge in [-0.1, -0.05) is 29.4 Å². The third-order valence-electron chi connectivity index (χ3n) is 3.24. The molecule has 0 aliphatic rings. The van der Waals surface area contributed by atoms with Crippen LogP contribution in [-0.4, -0.2) is 23.2 Å². The van der Waals surface area contributed by atoms with Gasteiger partial charge in [-0.3, -0.25) is 0 Å². The van der Waals surface area contributed by atoms with Crippen molar-refractivity contribution in [1.82, 2.24) is 10.1 Å². The second kappa shape index (κ2) is 7.96. The van der Waals surface area contributed by atoms with Crippen LogP contribution in [0.15, 0.2) is 59.1 Å². The van der Waals surface area contributed by atoms with E-state index in [9.17, 15) is 4.79 Å². The third kappa shape index (κ3) is 4.57. The number of rotatable bonds is 7. The van der Waals surface area contributed by atoms with Gasteiger partial charge in [0, 0.05) is 0 Å². The monoisotopic (exact) mass is 340 g/mol. The van der Waals surface area contributed by atoms with Gasteiger partial charge in [0.15, 0.2) is 13.2 Å². The van der Waals surface area contributed by atoms with Crippen molar-refractivity contribution in [3.8, 4) is 11.5 Å². The minimum Gasteiger partial charge on any atom is -0.485 e. The molecule has 7 heteroatoms. The van der Waals surface area contributed by atoms with Crippen molar-refractivity contribution in [1.29, 1.82) is 0 Å². The molecule has 2 aromatic carbocycles. The van der Waals surface area contributed by atoms with Gasteiger partial charge in [-0.25, -0.2) is 4.79 Å². The molecular weight excluding hydrogens is 324 g/mol. The Morgan fingerprint density at radius 2 is 1.76 bits per heavy atom. The first kappa shape index (κ1) is 16.5. The van der Waals surface area contributed by atoms with Crippen molar-refractivity contribution in [2.45, 2.75) is 13.2 Å². The highest BCUT2D eigenvalue weighted by molar-refractivity contribution is 5.89. The van der Waals surface area contributed by atoms with Crippen molar-refractivity contribution >= 4 is 5.97 Å². The van der Waals surface area contributed by atoms with E-state index in [1.54, 1.807) is 24.3 Å². The fourth-order valence-corrected chi connectivity index (χ4v) is 2.05. The van der Waals surface area contributed by atoms with Crippen LogP contribution in [0, 0.1) is 0 Å². The summed E-state index contributed by atoms with van der Waals surface area (Å²) in [7, 11) is 1.33. The van der Waals surface area contributed by atoms with Gasteiger partial charge in [0.1, 0.15) is 11.5 Å². The number of methoxy groups -OCH3 is 1. The number of carbonyl (C=O) groups is 1. The van der Waals surface area contributed by atoms with Gasteiger partial charge < -0.3 is 18.7 Å². The topological polar surface area (TPSA) is 83.7 Å². The molecule has 0 unspecified atom stereocenters. The van der Waals surface area contributed by atoms with Gasteiger partial charge in [-0.15, -0.1) is 0 Å². The lowest BCUT2D eigenvalue weighted by Crippen LogP contribution is -2.03. The molecule has 0 N–H and O–H groups in total. The van der Waals surface area contributed by atoms with Crippen molar-refractivity contribution in [2.75, 3.05) is 7.11 Å². The summed E-state index contributed by atoms with van der Waals surface area (Å²) in [5.74, 6) is 1.54. The Kier molecular flexibility index (Phi) is 5.26. The number of ether oxygens (including phenoxy) is 3. The van der Waals surface area contributed by atoms with E-state index in [1.807, 2.05) is 30.3 Å². The minimum absolute atomic E-state index is 0.111. The van der Waals surface area contributed by atoms with Crippen LogP contribution in [0.3, 0.4) is 0 Å². The van der Waals surface area contributed by atoms with Crippen LogP contribution >= 0.6 is 0 Å². The van der Waals surface area contributed by atoms with E-state index in [0.29, 0.717) is 23.0 Å². The van der Waals surface area contributed by atoms with Crippen LogP contribution in [0.2, 0.25) is 0 Å². The quantitative estimate of drug-likeness (QED) is 0.611. The van der Waals surface area contributed by atoms with E-state index in [1.165, 1.54) is 7.11 Å². The molecule has 3 aromatic rings. The number of hydrogen-bond donors (Lipinski definition) is 0. The summed E-state index contributed by atoms with van der Waals surface area (Å²) in [6.45, 7) is 0.286. The summed E-state index contributed by atoms with van der Waals surface area (Å²) in [5, 5.41) is 3.83. The standard InChI is InChI=1S/C18H16N2O5/c1-22-18(21)13-6-5-9-15(10-13)23-11-16-19-17(25-20-16)12-24-14-7-3-2-4-8-14/h2-10H,11-12H2,1H3. The zero-order valence-corrected chi connectivity index (χ0v) is 13.5. The van der Waals surface area contributed by atoms with Gasteiger partial charge >= 0.3 is 5.97 Å². The van der Waals surface area contributed by atoms with Crippen molar-refractivity contribution in [3.63, 3.8) is 0 Å². The number of hydrogen-bond acceptors (Lipinski definition) is 7. The number of nitrogens with zero attached hydrogens (tertiary/aromatic N) is 2. The summed E-state index contributed by atoms with van der Waals surface area (Å²) in [6.07, 6.45) is 0. The Morgan fingerprint density at radius 1 is 1.00 bits per heavy atom. The molecule has 1 heterocycles. The Hall–Kier alpha value is -3.35. The van der Waals surface area contributed by atoms with E-state index in [-0.39, 0.29) is 13.2 Å². The lowest BCUT2D eigenvalue weighted by molar-refractivity contribution is 0.0600. The molecule has 25 heavy (non-hydrogen) atoms. The molecule has 0 aliphatic heterocycles. The molecule has 1 aromatic heterocycles. The van der Waals surface area contributed by atoms with Gasteiger partial charge in [0.2, 0.25) is 5.82 Å². The molecule has 0 amide bonds. The van der Waals surface area contributed by atoms with Gasteiger partial charge in [-0.2, -0.15) is 4.98 Å². The smallest absolute Gasteiger partial charge is 0.337 e. The Balaban J connectivity index is 1.54. The number of para-hydroxylation sites is 1. The molecule has 128 valence electrons. The molecule has 0 saturated carbocycles. The summed E-state index contributed by atoms with van der Waals surface area (Å²) in [5.41, 5.74) is 0.407. The number of benzene rings is 2. The van der Waals surface area contributed by atoms with Crippen molar-refractivity contribution in [3.05, 3.63) is 71.9 Å². The Labute approximate surface area is 144 Å². The first-order valence-corrected chi connectivity index (χ1v) is 7.55. The molecule has 0 radical (unpaired) electrons. The summed E-state index contributed by atoms with van der Waals surface area (Å²) in [6, 6.07) is 16.0. The van der Waals surface area contributed by atoms with Crippen LogP contribution in [0.1, 0.15) is 22.1 Å². The zero-order valence-electron chi connectivity index (χ0n) is 13.5. The second-order valence-corrected chi connectivity index (χ2v) is 5.01. The average Bonchev–Trinajstić information content (AvgIpc) is 3.13. The van der Waals surface area contributed by atoms with E-state index in [2.05, 4.69) is 14.9 Å². The molecule has 7 nitrogen and oxygen atoms in total. The highest BCUT2D eigenvalue weighted by Gasteiger charge is 2.10. The molecule has 0 aliphatic carbocycles. The van der Waals surface area contributed by atoms with Crippen LogP contribution in [0.25, 0.3) is 0 Å². The second-order valence-electron chi connectivity index (χ2n) is 5.01. The van der Waals surface area contributed by atoms with Gasteiger partial charge in [-0.05, 0) is 30.3 Å². The maximum atomic E-state index is 11.5. The largest absolute Gasteiger partial charge is 0.485 e. The van der Waals surface area contributed by atoms with Gasteiger partial charge in [0.05, 0.1) is 12.7 Å². The maximum Gasteiger partial charge on any atom is 0.337 e. The number of aromatic nitrogens is 2. The number of esters is 1. The van der Waals surface area contributed by atoms with Gasteiger partial charge in [0.25, 0.3) is 5.89 Å². The van der Waals surface area contributed by atoms with Crippen LogP contribution in [-0.2, 0) is 18.0 Å². The lowest BCUT2D eigenvalue weighted by Gasteiger charge is -2.05. The Bertz CT molecular complexity index is 832. The average molecular weight is 340 g/mol. The van der Waals surface area contributed by atoms with Crippen LogP contribution in [0.5, 0.6) is 11.5 Å². The minimum atomic E-state index is -0.426. The predicted octanol–water partition coefficient (Wildman–Crippen LogP) is 3.01. The lowest BCUT2D eigenvalue weighted by atomic mass is 10.2. The predicted molar refractivity (Wildman–Crippen MR) is 87.2 cm³/mol. The fourth-order valence-electron chi connectivity index (χ4n) is 2.05. The number of carbonyl (C=O) groups excluding carboxylic acids is 1. The normalized spacial score (nSPS) is 10.3. The summed E-state index contributed by atoms with van der Waals surface area (Å²) in [4.78, 5) is 15.7. The molecule has 0 bridgehead atoms. The fraction of sp³-hybridized carbons (Fsp3) is 0.167. The zero-order chi connectivity index (χ0) is 17.5. The molecule has 0 fully saturated rings. The Morgan fingerprint density at radius 3 is 2.56 bits per heavy atom. The van der Waals surface area contributed by atoms with E-state index >= 15 is 0 Å². The SMILES string of the molecule is COC(=O)c1cccc(OCc2noc(COc3ccccc3)n2)c1. The first-order valence-electron chi connectivity index (χ1n) is 7.55. The highest BCUT2D eigenvalue weighted by atomic mass is 16.5. The summed E-state index contributed by atoms with van der Waals surface area (Å²) < 4.78 is 20.9. The third-order valence-corrected chi connectivity index (χ3v) is 3.24. The maximum absolute atomic E-state index is 11.5.